The zero-order chi connectivity index (χ0) is 20.5. The molecule has 8 heteroatoms. The summed E-state index contributed by atoms with van der Waals surface area (Å²) in [6.45, 7) is 5.46. The molecular weight excluding hydrogens is 503 g/mol. The Morgan fingerprint density at radius 3 is 2.41 bits per heavy atom. The Kier molecular flexibility index (Phi) is 10.8. The van der Waals surface area contributed by atoms with Crippen molar-refractivity contribution < 1.29 is 9.53 Å². The first kappa shape index (κ1) is 25.0. The number of hydrogen-bond donors (Lipinski definition) is 2. The summed E-state index contributed by atoms with van der Waals surface area (Å²) >= 11 is 5.96. The molecule has 0 aliphatic rings. The molecule has 29 heavy (non-hydrogen) atoms. The highest BCUT2D eigenvalue weighted by Crippen LogP contribution is 2.25. The van der Waals surface area contributed by atoms with E-state index in [-0.39, 0.29) is 29.9 Å². The van der Waals surface area contributed by atoms with E-state index in [9.17, 15) is 4.79 Å². The van der Waals surface area contributed by atoms with Crippen molar-refractivity contribution in [3.8, 4) is 5.75 Å². The van der Waals surface area contributed by atoms with E-state index in [2.05, 4.69) is 15.5 Å². The summed E-state index contributed by atoms with van der Waals surface area (Å²) in [6, 6.07) is 13.4. The Labute approximate surface area is 194 Å². The lowest BCUT2D eigenvalue weighted by atomic mass is 10.2. The van der Waals surface area contributed by atoms with E-state index < -0.39 is 0 Å². The smallest absolute Gasteiger partial charge is 0.221 e. The molecule has 158 valence electrons. The van der Waals surface area contributed by atoms with Crippen LogP contribution < -0.4 is 15.4 Å². The van der Waals surface area contributed by atoms with E-state index in [4.69, 9.17) is 21.3 Å². The van der Waals surface area contributed by atoms with Gasteiger partial charge in [-0.1, -0.05) is 29.8 Å². The number of nitrogens with one attached hydrogen (secondary N) is 2. The van der Waals surface area contributed by atoms with Crippen molar-refractivity contribution in [3.63, 3.8) is 0 Å². The fraction of sp³-hybridized carbons (Fsp3) is 0.333. The average molecular weight is 531 g/mol. The van der Waals surface area contributed by atoms with E-state index in [1.807, 2.05) is 56.4 Å². The third-order valence-electron chi connectivity index (χ3n) is 4.02. The van der Waals surface area contributed by atoms with Crippen LogP contribution in [0.1, 0.15) is 25.0 Å². The summed E-state index contributed by atoms with van der Waals surface area (Å²) in [5, 5.41) is 6.82. The van der Waals surface area contributed by atoms with E-state index in [1.165, 1.54) is 6.92 Å². The fourth-order valence-electron chi connectivity index (χ4n) is 2.72. The molecule has 2 aromatic carbocycles. The van der Waals surface area contributed by atoms with E-state index in [1.54, 1.807) is 7.11 Å². The van der Waals surface area contributed by atoms with Gasteiger partial charge >= 0.3 is 0 Å². The summed E-state index contributed by atoms with van der Waals surface area (Å²) in [7, 11) is 3.57. The van der Waals surface area contributed by atoms with Crippen molar-refractivity contribution >= 4 is 53.1 Å². The topological polar surface area (TPSA) is 66.0 Å². The summed E-state index contributed by atoms with van der Waals surface area (Å²) in [5.41, 5.74) is 2.76. The maximum atomic E-state index is 11.4. The van der Waals surface area contributed by atoms with Gasteiger partial charge in [0.15, 0.2) is 5.96 Å². The van der Waals surface area contributed by atoms with Gasteiger partial charge < -0.3 is 20.3 Å². The first-order chi connectivity index (χ1) is 13.4. The van der Waals surface area contributed by atoms with Crippen LogP contribution in [0, 0.1) is 0 Å². The van der Waals surface area contributed by atoms with E-state index in [0.717, 1.165) is 28.7 Å². The Hall–Kier alpha value is -2.00. The number of hydrogen-bond acceptors (Lipinski definition) is 3. The number of rotatable bonds is 7. The minimum atomic E-state index is -0.144. The van der Waals surface area contributed by atoms with Gasteiger partial charge in [0.05, 0.1) is 19.3 Å². The van der Waals surface area contributed by atoms with Gasteiger partial charge in [-0.2, -0.15) is 0 Å². The van der Waals surface area contributed by atoms with Crippen LogP contribution in [0.25, 0.3) is 0 Å². The summed E-state index contributed by atoms with van der Waals surface area (Å²) < 4.78 is 5.30. The summed E-state index contributed by atoms with van der Waals surface area (Å²) in [5.74, 6) is 1.28. The number of benzene rings is 2. The first-order valence-electron chi connectivity index (χ1n) is 9.11. The van der Waals surface area contributed by atoms with E-state index in [0.29, 0.717) is 24.5 Å². The molecule has 0 spiro atoms. The number of guanidine groups is 1. The van der Waals surface area contributed by atoms with Crippen LogP contribution in [0.5, 0.6) is 5.75 Å². The minimum Gasteiger partial charge on any atom is -0.495 e. The van der Waals surface area contributed by atoms with Crippen molar-refractivity contribution in [2.24, 2.45) is 4.99 Å². The van der Waals surface area contributed by atoms with Gasteiger partial charge in [-0.15, -0.1) is 24.0 Å². The maximum Gasteiger partial charge on any atom is 0.221 e. The largest absolute Gasteiger partial charge is 0.495 e. The summed E-state index contributed by atoms with van der Waals surface area (Å²) in [4.78, 5) is 18.2. The monoisotopic (exact) mass is 530 g/mol. The van der Waals surface area contributed by atoms with Gasteiger partial charge in [0, 0.05) is 32.1 Å². The van der Waals surface area contributed by atoms with Crippen LogP contribution in [0.2, 0.25) is 5.02 Å². The van der Waals surface area contributed by atoms with Crippen LogP contribution in [0.4, 0.5) is 5.69 Å². The fourth-order valence-corrected chi connectivity index (χ4v) is 2.84. The normalized spacial score (nSPS) is 10.7. The lowest BCUT2D eigenvalue weighted by molar-refractivity contribution is -0.114. The molecule has 0 heterocycles. The van der Waals surface area contributed by atoms with Crippen LogP contribution in [-0.4, -0.2) is 37.5 Å². The second-order valence-corrected chi connectivity index (χ2v) is 6.80. The molecule has 0 saturated heterocycles. The quantitative estimate of drug-likeness (QED) is 0.314. The van der Waals surface area contributed by atoms with Crippen molar-refractivity contribution in [1.29, 1.82) is 0 Å². The van der Waals surface area contributed by atoms with Crippen LogP contribution in [-0.2, 0) is 17.9 Å². The van der Waals surface area contributed by atoms with E-state index >= 15 is 0 Å². The SMILES string of the molecule is CCNC(=NCc1ccc(OC)c(NC(C)=O)c1)N(C)Cc1ccc(Cl)cc1.I. The Bertz CT molecular complexity index is 828. The Morgan fingerprint density at radius 2 is 1.83 bits per heavy atom. The molecule has 0 saturated carbocycles. The van der Waals surface area contributed by atoms with Gasteiger partial charge in [0.25, 0.3) is 0 Å². The maximum absolute atomic E-state index is 11.4. The van der Waals surface area contributed by atoms with Crippen LogP contribution >= 0.6 is 35.6 Å². The van der Waals surface area contributed by atoms with Crippen molar-refractivity contribution in [3.05, 3.63) is 58.6 Å². The lowest BCUT2D eigenvalue weighted by Gasteiger charge is -2.22. The van der Waals surface area contributed by atoms with Gasteiger partial charge in [0.1, 0.15) is 5.75 Å². The molecule has 0 unspecified atom stereocenters. The van der Waals surface area contributed by atoms with Gasteiger partial charge in [-0.05, 0) is 42.3 Å². The zero-order valence-electron chi connectivity index (χ0n) is 17.2. The third-order valence-corrected chi connectivity index (χ3v) is 4.27. The number of halogens is 2. The predicted molar refractivity (Wildman–Crippen MR) is 130 cm³/mol. The molecule has 0 atom stereocenters. The number of nitrogens with zero attached hydrogens (tertiary/aromatic N) is 2. The molecule has 2 aromatic rings. The first-order valence-corrected chi connectivity index (χ1v) is 9.49. The molecule has 0 aliphatic heterocycles. The molecule has 2 rings (SSSR count). The minimum absolute atomic E-state index is 0. The number of carbonyl (C=O) groups excluding carboxylic acids is 1. The summed E-state index contributed by atoms with van der Waals surface area (Å²) in [6.07, 6.45) is 0. The number of methoxy groups -OCH3 is 1. The van der Waals surface area contributed by atoms with Crippen molar-refractivity contribution in [1.82, 2.24) is 10.2 Å². The molecule has 0 fully saturated rings. The number of amides is 1. The molecule has 0 bridgehead atoms. The van der Waals surface area contributed by atoms with Gasteiger partial charge in [-0.25, -0.2) is 4.99 Å². The Morgan fingerprint density at radius 1 is 1.17 bits per heavy atom. The molecule has 0 radical (unpaired) electrons. The predicted octanol–water partition coefficient (Wildman–Crippen LogP) is 4.52. The highest BCUT2D eigenvalue weighted by atomic mass is 127. The van der Waals surface area contributed by atoms with Gasteiger partial charge in [-0.3, -0.25) is 4.79 Å². The molecule has 0 aliphatic carbocycles. The highest BCUT2D eigenvalue weighted by Gasteiger charge is 2.09. The molecular formula is C21H28ClIN4O2. The average Bonchev–Trinajstić information content (AvgIpc) is 2.66. The molecule has 1 amide bonds. The highest BCUT2D eigenvalue weighted by molar-refractivity contribution is 14.0. The number of anilines is 1. The van der Waals surface area contributed by atoms with Crippen molar-refractivity contribution in [2.45, 2.75) is 26.9 Å². The molecule has 0 aromatic heterocycles. The zero-order valence-corrected chi connectivity index (χ0v) is 20.2. The van der Waals surface area contributed by atoms with Crippen molar-refractivity contribution in [2.75, 3.05) is 26.0 Å². The number of ether oxygens (including phenoxy) is 1. The Balaban J connectivity index is 0.00000420. The number of carbonyl (C=O) groups is 1. The lowest BCUT2D eigenvalue weighted by Crippen LogP contribution is -2.38. The van der Waals surface area contributed by atoms with Gasteiger partial charge in [0.2, 0.25) is 5.91 Å². The molecule has 6 nitrogen and oxygen atoms in total. The van der Waals surface area contributed by atoms with Crippen LogP contribution in [0.3, 0.4) is 0 Å². The standard InChI is InChI=1S/C21H27ClN4O2.HI/c1-5-23-21(26(3)14-16-6-9-18(22)10-7-16)24-13-17-8-11-20(28-4)19(12-17)25-15(2)27;/h6-12H,5,13-14H2,1-4H3,(H,23,24)(H,25,27);1H. The third kappa shape index (κ3) is 8.10. The van der Waals surface area contributed by atoms with Crippen LogP contribution in [0.15, 0.2) is 47.5 Å². The second kappa shape index (κ2) is 12.5. The number of aliphatic imine (C=N–C) groups is 1. The molecule has 2 N–H and O–H groups in total. The second-order valence-electron chi connectivity index (χ2n) is 6.37.